The van der Waals surface area contributed by atoms with Crippen LogP contribution < -0.4 is 14.8 Å². The first kappa shape index (κ1) is 21.4. The molecule has 0 spiro atoms. The zero-order chi connectivity index (χ0) is 22.5. The van der Waals surface area contributed by atoms with E-state index in [0.717, 1.165) is 28.3 Å². The lowest BCUT2D eigenvalue weighted by Crippen LogP contribution is -2.11. The zero-order valence-electron chi connectivity index (χ0n) is 17.6. The van der Waals surface area contributed by atoms with E-state index in [9.17, 15) is 4.79 Å². The molecule has 0 radical (unpaired) electrons. The Kier molecular flexibility index (Phi) is 6.38. The first-order valence-corrected chi connectivity index (χ1v) is 10.3. The van der Waals surface area contributed by atoms with Gasteiger partial charge in [-0.1, -0.05) is 35.9 Å². The van der Waals surface area contributed by atoms with Crippen molar-refractivity contribution in [2.45, 2.75) is 0 Å². The molecule has 160 valence electrons. The summed E-state index contributed by atoms with van der Waals surface area (Å²) >= 11 is 6.00. The van der Waals surface area contributed by atoms with Gasteiger partial charge < -0.3 is 14.8 Å². The minimum Gasteiger partial charge on any atom is -0.497 e. The minimum atomic E-state index is -0.229. The molecule has 4 rings (SSSR count). The third-order valence-electron chi connectivity index (χ3n) is 4.93. The van der Waals surface area contributed by atoms with Gasteiger partial charge >= 0.3 is 0 Å². The van der Waals surface area contributed by atoms with Gasteiger partial charge in [0.1, 0.15) is 11.5 Å². The molecule has 0 aliphatic rings. The first-order chi connectivity index (χ1) is 15.6. The largest absolute Gasteiger partial charge is 0.497 e. The maximum absolute atomic E-state index is 12.6. The summed E-state index contributed by atoms with van der Waals surface area (Å²) in [6, 6.07) is 25.8. The van der Waals surface area contributed by atoms with Gasteiger partial charge in [-0.15, -0.1) is 0 Å². The second-order valence-corrected chi connectivity index (χ2v) is 7.46. The van der Waals surface area contributed by atoms with Crippen LogP contribution in [0.15, 0.2) is 84.9 Å². The average Bonchev–Trinajstić information content (AvgIpc) is 2.84. The number of pyridine rings is 1. The summed E-state index contributed by atoms with van der Waals surface area (Å²) in [5, 5.41) is 3.43. The molecule has 3 aromatic carbocycles. The van der Waals surface area contributed by atoms with Gasteiger partial charge in [-0.25, -0.2) is 4.98 Å². The van der Waals surface area contributed by atoms with E-state index in [-0.39, 0.29) is 5.91 Å². The molecule has 1 heterocycles. The number of nitrogens with zero attached hydrogens (tertiary/aromatic N) is 1. The molecule has 1 N–H and O–H groups in total. The number of halogens is 1. The van der Waals surface area contributed by atoms with Crippen LogP contribution in [-0.4, -0.2) is 25.1 Å². The number of carbonyl (C=O) groups is 1. The molecule has 0 aliphatic carbocycles. The SMILES string of the molecule is COc1ccc(OC)c(-c2cccc(-c3cccc(NC(=O)c4cccc(Cl)c4)c3)n2)c1. The highest BCUT2D eigenvalue weighted by Crippen LogP contribution is 2.33. The molecule has 0 aliphatic heterocycles. The Morgan fingerprint density at radius 2 is 1.62 bits per heavy atom. The van der Waals surface area contributed by atoms with Crippen LogP contribution in [0.4, 0.5) is 5.69 Å². The molecule has 5 nitrogen and oxygen atoms in total. The molecule has 6 heteroatoms. The Bertz CT molecular complexity index is 1270. The summed E-state index contributed by atoms with van der Waals surface area (Å²) in [5.41, 5.74) is 4.39. The van der Waals surface area contributed by atoms with Gasteiger partial charge in [0.05, 0.1) is 25.6 Å². The smallest absolute Gasteiger partial charge is 0.255 e. The zero-order valence-corrected chi connectivity index (χ0v) is 18.4. The van der Waals surface area contributed by atoms with Crippen molar-refractivity contribution >= 4 is 23.2 Å². The number of ether oxygens (including phenoxy) is 2. The van der Waals surface area contributed by atoms with E-state index in [1.54, 1.807) is 38.5 Å². The van der Waals surface area contributed by atoms with Crippen molar-refractivity contribution in [3.05, 3.63) is 95.5 Å². The lowest BCUT2D eigenvalue weighted by atomic mass is 10.1. The number of amides is 1. The topological polar surface area (TPSA) is 60.5 Å². The highest BCUT2D eigenvalue weighted by molar-refractivity contribution is 6.31. The van der Waals surface area contributed by atoms with Gasteiger partial charge in [0.2, 0.25) is 0 Å². The lowest BCUT2D eigenvalue weighted by molar-refractivity contribution is 0.102. The molecular weight excluding hydrogens is 424 g/mol. The van der Waals surface area contributed by atoms with Crippen molar-refractivity contribution in [1.29, 1.82) is 0 Å². The summed E-state index contributed by atoms with van der Waals surface area (Å²) < 4.78 is 10.9. The number of nitrogens with one attached hydrogen (secondary N) is 1. The third kappa shape index (κ3) is 4.74. The normalized spacial score (nSPS) is 10.5. The Balaban J connectivity index is 1.64. The number of carbonyl (C=O) groups excluding carboxylic acids is 1. The molecule has 0 unspecified atom stereocenters. The maximum Gasteiger partial charge on any atom is 0.255 e. The average molecular weight is 445 g/mol. The van der Waals surface area contributed by atoms with E-state index < -0.39 is 0 Å². The van der Waals surface area contributed by atoms with Crippen LogP contribution in [0.3, 0.4) is 0 Å². The van der Waals surface area contributed by atoms with Gasteiger partial charge in [0.15, 0.2) is 0 Å². The summed E-state index contributed by atoms with van der Waals surface area (Å²) in [6.07, 6.45) is 0. The van der Waals surface area contributed by atoms with Crippen molar-refractivity contribution in [1.82, 2.24) is 4.98 Å². The van der Waals surface area contributed by atoms with Crippen molar-refractivity contribution in [3.8, 4) is 34.0 Å². The fraction of sp³-hybridized carbons (Fsp3) is 0.0769. The maximum atomic E-state index is 12.6. The van der Waals surface area contributed by atoms with Crippen LogP contribution >= 0.6 is 11.6 Å². The highest BCUT2D eigenvalue weighted by Gasteiger charge is 2.12. The van der Waals surface area contributed by atoms with Gasteiger partial charge in [-0.3, -0.25) is 4.79 Å². The molecule has 0 bridgehead atoms. The van der Waals surface area contributed by atoms with Crippen LogP contribution in [0.5, 0.6) is 11.5 Å². The number of methoxy groups -OCH3 is 2. The van der Waals surface area contributed by atoms with Crippen molar-refractivity contribution in [2.24, 2.45) is 0 Å². The van der Waals surface area contributed by atoms with Crippen LogP contribution in [0.2, 0.25) is 5.02 Å². The Morgan fingerprint density at radius 1 is 0.844 bits per heavy atom. The second-order valence-electron chi connectivity index (χ2n) is 7.02. The van der Waals surface area contributed by atoms with Gasteiger partial charge in [-0.2, -0.15) is 0 Å². The number of hydrogen-bond donors (Lipinski definition) is 1. The van der Waals surface area contributed by atoms with Crippen molar-refractivity contribution in [3.63, 3.8) is 0 Å². The van der Waals surface area contributed by atoms with Gasteiger partial charge in [0.25, 0.3) is 5.91 Å². The number of anilines is 1. The monoisotopic (exact) mass is 444 g/mol. The number of benzene rings is 3. The molecule has 32 heavy (non-hydrogen) atoms. The highest BCUT2D eigenvalue weighted by atomic mass is 35.5. The second kappa shape index (κ2) is 9.54. The molecule has 0 atom stereocenters. The molecule has 0 saturated heterocycles. The quantitative estimate of drug-likeness (QED) is 0.377. The van der Waals surface area contributed by atoms with E-state index in [1.807, 2.05) is 60.7 Å². The van der Waals surface area contributed by atoms with E-state index in [0.29, 0.717) is 22.0 Å². The van der Waals surface area contributed by atoms with E-state index >= 15 is 0 Å². The van der Waals surface area contributed by atoms with Crippen molar-refractivity contribution in [2.75, 3.05) is 19.5 Å². The third-order valence-corrected chi connectivity index (χ3v) is 5.17. The minimum absolute atomic E-state index is 0.229. The van der Waals surface area contributed by atoms with Gasteiger partial charge in [-0.05, 0) is 60.7 Å². The fourth-order valence-electron chi connectivity index (χ4n) is 3.35. The summed E-state index contributed by atoms with van der Waals surface area (Å²) in [5.74, 6) is 1.20. The van der Waals surface area contributed by atoms with Crippen LogP contribution in [-0.2, 0) is 0 Å². The number of rotatable bonds is 6. The number of hydrogen-bond acceptors (Lipinski definition) is 4. The first-order valence-electron chi connectivity index (χ1n) is 9.94. The van der Waals surface area contributed by atoms with Crippen LogP contribution in [0.25, 0.3) is 22.5 Å². The van der Waals surface area contributed by atoms with Crippen LogP contribution in [0.1, 0.15) is 10.4 Å². The standard InChI is InChI=1S/C26H21ClN2O3/c1-31-21-12-13-25(32-2)22(16-21)24-11-5-10-23(29-24)17-6-4-9-20(15-17)28-26(30)18-7-3-8-19(27)14-18/h3-16H,1-2H3,(H,28,30). The molecule has 4 aromatic rings. The molecule has 1 aromatic heterocycles. The number of aromatic nitrogens is 1. The van der Waals surface area contributed by atoms with E-state index in [1.165, 1.54) is 0 Å². The summed E-state index contributed by atoms with van der Waals surface area (Å²) in [4.78, 5) is 17.4. The molecule has 0 fully saturated rings. The predicted octanol–water partition coefficient (Wildman–Crippen LogP) is 6.34. The summed E-state index contributed by atoms with van der Waals surface area (Å²) in [7, 11) is 3.25. The fourth-order valence-corrected chi connectivity index (χ4v) is 3.54. The Hall–Kier alpha value is -3.83. The van der Waals surface area contributed by atoms with Crippen LogP contribution in [0, 0.1) is 0 Å². The van der Waals surface area contributed by atoms with Gasteiger partial charge in [0, 0.05) is 27.4 Å². The summed E-state index contributed by atoms with van der Waals surface area (Å²) in [6.45, 7) is 0. The predicted molar refractivity (Wildman–Crippen MR) is 128 cm³/mol. The molecular formula is C26H21ClN2O3. The molecule has 1 amide bonds. The van der Waals surface area contributed by atoms with E-state index in [4.69, 9.17) is 26.1 Å². The Labute approximate surface area is 191 Å². The van der Waals surface area contributed by atoms with Crippen molar-refractivity contribution < 1.29 is 14.3 Å². The Morgan fingerprint density at radius 3 is 2.41 bits per heavy atom. The lowest BCUT2D eigenvalue weighted by Gasteiger charge is -2.12. The van der Waals surface area contributed by atoms with E-state index in [2.05, 4.69) is 5.32 Å². The molecule has 0 saturated carbocycles.